The number of thiazole rings is 1. The second-order valence-electron chi connectivity index (χ2n) is 8.82. The van der Waals surface area contributed by atoms with Gasteiger partial charge in [-0.25, -0.2) is 4.98 Å². The Hall–Kier alpha value is -3.75. The molecule has 0 radical (unpaired) electrons. The number of rotatable bonds is 7. The van der Waals surface area contributed by atoms with E-state index in [2.05, 4.69) is 15.6 Å². The van der Waals surface area contributed by atoms with Crippen LogP contribution in [0.15, 0.2) is 64.9 Å². The van der Waals surface area contributed by atoms with E-state index in [0.717, 1.165) is 16.8 Å². The van der Waals surface area contributed by atoms with Crippen LogP contribution in [0.1, 0.15) is 45.9 Å². The van der Waals surface area contributed by atoms with Crippen LogP contribution < -0.4 is 16.2 Å². The molecule has 1 amide bonds. The number of pyridine rings is 1. The lowest BCUT2D eigenvalue weighted by molar-refractivity contribution is 0.102. The third kappa shape index (κ3) is 4.89. The fraction of sp³-hybridized carbons (Fsp3) is 0.222. The van der Waals surface area contributed by atoms with Gasteiger partial charge in [0.05, 0.1) is 12.3 Å². The predicted octanol–water partition coefficient (Wildman–Crippen LogP) is 5.18. The van der Waals surface area contributed by atoms with Gasteiger partial charge >= 0.3 is 0 Å². The van der Waals surface area contributed by atoms with Crippen molar-refractivity contribution in [3.8, 4) is 11.1 Å². The van der Waals surface area contributed by atoms with Gasteiger partial charge in [0.15, 0.2) is 5.13 Å². The van der Waals surface area contributed by atoms with Crippen LogP contribution in [0, 0.1) is 6.92 Å². The maximum atomic E-state index is 12.9. The summed E-state index contributed by atoms with van der Waals surface area (Å²) in [6, 6.07) is 14.9. The topological polar surface area (TPSA) is 96.2 Å². The van der Waals surface area contributed by atoms with Gasteiger partial charge < -0.3 is 20.3 Å². The standard InChI is InChI=1S/C27H26N4O3S/c1-16-15-35-27(28-16)30-24-12-20(13-31(2)26(24)34)21-4-3-5-23(22(21)14-32)29-25(33)19-10-8-18(9-11-19)17-6-7-17/h3-5,8-13,15,17,32H,6-7,14H2,1-2H3,(H,28,30)(H,29,33). The Labute approximate surface area is 207 Å². The average molecular weight is 487 g/mol. The molecule has 3 N–H and O–H groups in total. The van der Waals surface area contributed by atoms with E-state index < -0.39 is 0 Å². The number of hydrogen-bond acceptors (Lipinski definition) is 6. The first kappa shape index (κ1) is 23.0. The summed E-state index contributed by atoms with van der Waals surface area (Å²) in [5.74, 6) is 0.395. The van der Waals surface area contributed by atoms with Gasteiger partial charge in [-0.3, -0.25) is 9.59 Å². The Morgan fingerprint density at radius 1 is 1.17 bits per heavy atom. The van der Waals surface area contributed by atoms with E-state index in [1.54, 1.807) is 25.4 Å². The molecule has 0 aliphatic heterocycles. The van der Waals surface area contributed by atoms with Crippen LogP contribution in [-0.4, -0.2) is 20.6 Å². The molecule has 1 aliphatic carbocycles. The average Bonchev–Trinajstić information content (AvgIpc) is 3.63. The summed E-state index contributed by atoms with van der Waals surface area (Å²) in [4.78, 5) is 30.0. The van der Waals surface area contributed by atoms with Crippen molar-refractivity contribution in [2.24, 2.45) is 7.05 Å². The Bertz CT molecular complexity index is 1450. The summed E-state index contributed by atoms with van der Waals surface area (Å²) in [6.07, 6.45) is 4.14. The Morgan fingerprint density at radius 2 is 1.94 bits per heavy atom. The van der Waals surface area contributed by atoms with Crippen LogP contribution in [-0.2, 0) is 13.7 Å². The molecule has 0 unspecified atom stereocenters. The first-order chi connectivity index (χ1) is 16.9. The van der Waals surface area contributed by atoms with Crippen molar-refractivity contribution in [3.63, 3.8) is 0 Å². The van der Waals surface area contributed by atoms with E-state index in [4.69, 9.17) is 0 Å². The van der Waals surface area contributed by atoms with Crippen molar-refractivity contribution >= 4 is 33.8 Å². The lowest BCUT2D eigenvalue weighted by atomic mass is 9.99. The van der Waals surface area contributed by atoms with Gasteiger partial charge in [0, 0.05) is 41.0 Å². The zero-order chi connectivity index (χ0) is 24.5. The smallest absolute Gasteiger partial charge is 0.274 e. The number of carbonyl (C=O) groups is 1. The molecular weight excluding hydrogens is 460 g/mol. The number of aromatic nitrogens is 2. The number of anilines is 3. The van der Waals surface area contributed by atoms with Crippen LogP contribution in [0.3, 0.4) is 0 Å². The minimum atomic E-state index is -0.274. The van der Waals surface area contributed by atoms with E-state index in [9.17, 15) is 14.7 Å². The quantitative estimate of drug-likeness (QED) is 0.334. The van der Waals surface area contributed by atoms with E-state index in [1.807, 2.05) is 48.7 Å². The molecule has 178 valence electrons. The normalized spacial score (nSPS) is 13.0. The molecule has 35 heavy (non-hydrogen) atoms. The predicted molar refractivity (Wildman–Crippen MR) is 140 cm³/mol. The molecule has 7 nitrogen and oxygen atoms in total. The number of aryl methyl sites for hydroxylation is 2. The molecule has 1 fully saturated rings. The molecule has 2 aromatic carbocycles. The first-order valence-corrected chi connectivity index (χ1v) is 12.3. The number of amides is 1. The minimum absolute atomic E-state index is 0.189. The van der Waals surface area contributed by atoms with Crippen LogP contribution in [0.25, 0.3) is 11.1 Å². The van der Waals surface area contributed by atoms with Crippen molar-refractivity contribution in [3.05, 3.63) is 92.8 Å². The highest BCUT2D eigenvalue weighted by Gasteiger charge is 2.23. The van der Waals surface area contributed by atoms with Gasteiger partial charge in [-0.1, -0.05) is 24.3 Å². The fourth-order valence-electron chi connectivity index (χ4n) is 4.14. The summed E-state index contributed by atoms with van der Waals surface area (Å²) >= 11 is 1.42. The molecule has 1 aliphatic rings. The van der Waals surface area contributed by atoms with Crippen LogP contribution in [0.5, 0.6) is 0 Å². The third-order valence-corrected chi connectivity index (χ3v) is 7.03. The van der Waals surface area contributed by atoms with Crippen molar-refractivity contribution in [2.75, 3.05) is 10.6 Å². The summed E-state index contributed by atoms with van der Waals surface area (Å²) in [5, 5.41) is 18.8. The molecule has 0 spiro atoms. The van der Waals surface area contributed by atoms with Gasteiger partial charge in [-0.05, 0) is 61.1 Å². The lowest BCUT2D eigenvalue weighted by Crippen LogP contribution is -2.19. The third-order valence-electron chi connectivity index (χ3n) is 6.16. The second-order valence-corrected chi connectivity index (χ2v) is 9.68. The number of aliphatic hydroxyl groups is 1. The minimum Gasteiger partial charge on any atom is -0.392 e. The Kier molecular flexibility index (Phi) is 6.23. The van der Waals surface area contributed by atoms with Crippen molar-refractivity contribution in [2.45, 2.75) is 32.3 Å². The van der Waals surface area contributed by atoms with E-state index in [1.165, 1.54) is 34.3 Å². The number of carbonyl (C=O) groups excluding carboxylic acids is 1. The summed E-state index contributed by atoms with van der Waals surface area (Å²) in [7, 11) is 1.68. The largest absolute Gasteiger partial charge is 0.392 e. The molecule has 8 heteroatoms. The second kappa shape index (κ2) is 9.48. The molecule has 0 bridgehead atoms. The Balaban J connectivity index is 1.45. The van der Waals surface area contributed by atoms with Crippen LogP contribution in [0.2, 0.25) is 0 Å². The maximum absolute atomic E-state index is 12.9. The van der Waals surface area contributed by atoms with Crippen molar-refractivity contribution < 1.29 is 9.90 Å². The highest BCUT2D eigenvalue weighted by molar-refractivity contribution is 7.13. The first-order valence-electron chi connectivity index (χ1n) is 11.5. The van der Waals surface area contributed by atoms with Gasteiger partial charge in [0.1, 0.15) is 5.69 Å². The van der Waals surface area contributed by atoms with E-state index in [-0.39, 0.29) is 18.1 Å². The molecule has 2 heterocycles. The number of nitrogens with zero attached hydrogens (tertiary/aromatic N) is 2. The number of benzene rings is 2. The number of aliphatic hydroxyl groups excluding tert-OH is 1. The van der Waals surface area contributed by atoms with Crippen LogP contribution >= 0.6 is 11.3 Å². The molecule has 0 atom stereocenters. The van der Waals surface area contributed by atoms with E-state index in [0.29, 0.717) is 33.6 Å². The van der Waals surface area contributed by atoms with E-state index >= 15 is 0 Å². The number of nitrogens with one attached hydrogen (secondary N) is 2. The molecular formula is C27H26N4O3S. The highest BCUT2D eigenvalue weighted by atomic mass is 32.1. The SMILES string of the molecule is Cc1csc(Nc2cc(-c3cccc(NC(=O)c4ccc(C5CC5)cc4)c3CO)cn(C)c2=O)n1. The zero-order valence-electron chi connectivity index (χ0n) is 19.5. The lowest BCUT2D eigenvalue weighted by Gasteiger charge is -2.16. The van der Waals surface area contributed by atoms with Crippen molar-refractivity contribution in [1.82, 2.24) is 9.55 Å². The molecule has 5 rings (SSSR count). The summed E-state index contributed by atoms with van der Waals surface area (Å²) < 4.78 is 1.49. The number of hydrogen-bond donors (Lipinski definition) is 3. The van der Waals surface area contributed by atoms with Gasteiger partial charge in [-0.15, -0.1) is 11.3 Å². The van der Waals surface area contributed by atoms with Gasteiger partial charge in [0.25, 0.3) is 11.5 Å². The molecule has 2 aromatic heterocycles. The van der Waals surface area contributed by atoms with Gasteiger partial charge in [-0.2, -0.15) is 0 Å². The molecule has 4 aromatic rings. The van der Waals surface area contributed by atoms with Crippen molar-refractivity contribution in [1.29, 1.82) is 0 Å². The zero-order valence-corrected chi connectivity index (χ0v) is 20.4. The van der Waals surface area contributed by atoms with Crippen LogP contribution in [0.4, 0.5) is 16.5 Å². The Morgan fingerprint density at radius 3 is 2.60 bits per heavy atom. The highest BCUT2D eigenvalue weighted by Crippen LogP contribution is 2.40. The maximum Gasteiger partial charge on any atom is 0.274 e. The monoisotopic (exact) mass is 486 g/mol. The molecule has 0 saturated heterocycles. The molecule has 1 saturated carbocycles. The van der Waals surface area contributed by atoms with Gasteiger partial charge in [0.2, 0.25) is 0 Å². The summed E-state index contributed by atoms with van der Waals surface area (Å²) in [6.45, 7) is 1.62. The fourth-order valence-corrected chi connectivity index (χ4v) is 4.84. The summed E-state index contributed by atoms with van der Waals surface area (Å²) in [5.41, 5.74) is 5.46.